The minimum atomic E-state index is -3.77. The number of ether oxygens (including phenoxy) is 1. The van der Waals surface area contributed by atoms with E-state index in [4.69, 9.17) is 17.0 Å². The average Bonchev–Trinajstić information content (AvgIpc) is 2.82. The summed E-state index contributed by atoms with van der Waals surface area (Å²) in [5, 5.41) is 5.63. The molecule has 0 aliphatic heterocycles. The van der Waals surface area contributed by atoms with E-state index in [1.165, 1.54) is 12.1 Å². The summed E-state index contributed by atoms with van der Waals surface area (Å²) in [6, 6.07) is 16.8. The molecule has 0 radical (unpaired) electrons. The first-order valence-electron chi connectivity index (χ1n) is 11.7. The molecule has 7 nitrogen and oxygen atoms in total. The van der Waals surface area contributed by atoms with Crippen LogP contribution < -0.4 is 20.1 Å². The van der Waals surface area contributed by atoms with Crippen LogP contribution in [0.5, 0.6) is 5.75 Å². The molecule has 0 unspecified atom stereocenters. The van der Waals surface area contributed by atoms with Crippen LogP contribution in [0.15, 0.2) is 70.0 Å². The molecule has 0 aliphatic carbocycles. The van der Waals surface area contributed by atoms with Crippen LogP contribution in [0.3, 0.4) is 0 Å². The monoisotopic (exact) mass is 603 g/mol. The Bertz CT molecular complexity index is 1390. The number of thiocarbonyl (C=S) groups is 1. The van der Waals surface area contributed by atoms with Crippen LogP contribution in [0.1, 0.15) is 41.8 Å². The van der Waals surface area contributed by atoms with Gasteiger partial charge in [0.1, 0.15) is 5.75 Å². The van der Waals surface area contributed by atoms with E-state index in [0.29, 0.717) is 35.2 Å². The highest BCUT2D eigenvalue weighted by molar-refractivity contribution is 9.10. The van der Waals surface area contributed by atoms with Crippen LogP contribution in [0.25, 0.3) is 0 Å². The average molecular weight is 605 g/mol. The summed E-state index contributed by atoms with van der Waals surface area (Å²) in [7, 11) is -3.77. The van der Waals surface area contributed by atoms with Crippen LogP contribution in [-0.4, -0.2) is 26.0 Å². The van der Waals surface area contributed by atoms with Crippen molar-refractivity contribution in [3.63, 3.8) is 0 Å². The third-order valence-electron chi connectivity index (χ3n) is 5.41. The van der Waals surface area contributed by atoms with Gasteiger partial charge in [0, 0.05) is 10.2 Å². The molecule has 0 fully saturated rings. The molecule has 0 bridgehead atoms. The summed E-state index contributed by atoms with van der Waals surface area (Å²) in [6.45, 7) is 8.50. The number of amides is 1. The first-order valence-corrected chi connectivity index (χ1v) is 14.4. The van der Waals surface area contributed by atoms with Gasteiger partial charge >= 0.3 is 0 Å². The fourth-order valence-electron chi connectivity index (χ4n) is 3.39. The van der Waals surface area contributed by atoms with Crippen molar-refractivity contribution in [1.29, 1.82) is 0 Å². The zero-order valence-corrected chi connectivity index (χ0v) is 24.3. The van der Waals surface area contributed by atoms with Gasteiger partial charge in [-0.05, 0) is 92.5 Å². The van der Waals surface area contributed by atoms with Gasteiger partial charge in [-0.15, -0.1) is 0 Å². The molecule has 10 heteroatoms. The molecule has 37 heavy (non-hydrogen) atoms. The van der Waals surface area contributed by atoms with Gasteiger partial charge < -0.3 is 10.1 Å². The maximum atomic E-state index is 12.9. The molecule has 0 spiro atoms. The number of carbonyl (C=O) groups is 1. The largest absolute Gasteiger partial charge is 0.493 e. The maximum absolute atomic E-state index is 12.9. The van der Waals surface area contributed by atoms with Crippen molar-refractivity contribution in [2.24, 2.45) is 5.92 Å². The van der Waals surface area contributed by atoms with Gasteiger partial charge in [-0.2, -0.15) is 0 Å². The Hall–Kier alpha value is -2.95. The van der Waals surface area contributed by atoms with Crippen molar-refractivity contribution in [2.75, 3.05) is 16.6 Å². The molecule has 0 saturated carbocycles. The number of anilines is 2. The van der Waals surface area contributed by atoms with E-state index in [0.717, 1.165) is 22.0 Å². The SMILES string of the molecule is Cc1ccc(NS(=O)(=O)c2ccc(NC(=S)NC(=O)c3cc(Br)ccc3OCCC(C)C)cc2)c(C)c1. The molecule has 0 aliphatic rings. The Kier molecular flexibility index (Phi) is 9.69. The quantitative estimate of drug-likeness (QED) is 0.244. The smallest absolute Gasteiger partial charge is 0.261 e. The van der Waals surface area contributed by atoms with Gasteiger partial charge in [-0.3, -0.25) is 14.8 Å². The number of sulfonamides is 1. The number of benzene rings is 3. The third kappa shape index (κ3) is 8.28. The van der Waals surface area contributed by atoms with Crippen molar-refractivity contribution >= 4 is 60.6 Å². The molecule has 0 aromatic heterocycles. The van der Waals surface area contributed by atoms with Crippen molar-refractivity contribution in [2.45, 2.75) is 39.0 Å². The summed E-state index contributed by atoms with van der Waals surface area (Å²) >= 11 is 8.69. The summed E-state index contributed by atoms with van der Waals surface area (Å²) in [5.74, 6) is 0.526. The minimum Gasteiger partial charge on any atom is -0.493 e. The Labute approximate surface area is 232 Å². The first-order chi connectivity index (χ1) is 17.4. The second kappa shape index (κ2) is 12.5. The van der Waals surface area contributed by atoms with Gasteiger partial charge in [0.05, 0.1) is 22.8 Å². The lowest BCUT2D eigenvalue weighted by molar-refractivity contribution is 0.0973. The van der Waals surface area contributed by atoms with E-state index in [-0.39, 0.29) is 10.0 Å². The van der Waals surface area contributed by atoms with E-state index in [2.05, 4.69) is 45.1 Å². The number of rotatable bonds is 9. The second-order valence-corrected chi connectivity index (χ2v) is 12.0. The molecular formula is C27H30BrN3O4S2. The van der Waals surface area contributed by atoms with E-state index >= 15 is 0 Å². The number of nitrogens with one attached hydrogen (secondary N) is 3. The summed E-state index contributed by atoms with van der Waals surface area (Å²) in [6.07, 6.45) is 0.864. The molecule has 3 aromatic carbocycles. The number of aryl methyl sites for hydroxylation is 2. The number of carbonyl (C=O) groups excluding carboxylic acids is 1. The lowest BCUT2D eigenvalue weighted by atomic mass is 10.1. The molecule has 1 amide bonds. The number of halogens is 1. The fraction of sp³-hybridized carbons (Fsp3) is 0.259. The van der Waals surface area contributed by atoms with Crippen LogP contribution in [-0.2, 0) is 10.0 Å². The zero-order chi connectivity index (χ0) is 27.2. The van der Waals surface area contributed by atoms with Crippen LogP contribution in [0, 0.1) is 19.8 Å². The lowest BCUT2D eigenvalue weighted by Crippen LogP contribution is -2.34. The first kappa shape index (κ1) is 28.6. The van der Waals surface area contributed by atoms with Gasteiger partial charge in [0.25, 0.3) is 15.9 Å². The van der Waals surface area contributed by atoms with Crippen LogP contribution in [0.4, 0.5) is 11.4 Å². The minimum absolute atomic E-state index is 0.0714. The van der Waals surface area contributed by atoms with Gasteiger partial charge in [-0.1, -0.05) is 47.5 Å². The van der Waals surface area contributed by atoms with E-state index in [1.807, 2.05) is 32.0 Å². The topological polar surface area (TPSA) is 96.5 Å². The molecule has 196 valence electrons. The Morgan fingerprint density at radius 1 is 1.03 bits per heavy atom. The van der Waals surface area contributed by atoms with Crippen LogP contribution in [0.2, 0.25) is 0 Å². The standard InChI is InChI=1S/C27H30BrN3O4S2/c1-17(2)13-14-35-25-12-6-20(28)16-23(25)26(32)30-27(36)29-21-7-9-22(10-8-21)37(33,34)31-24-11-5-18(3)15-19(24)4/h5-12,15-17,31H,13-14H2,1-4H3,(H2,29,30,32,36). The Morgan fingerprint density at radius 3 is 2.38 bits per heavy atom. The van der Waals surface area contributed by atoms with Crippen molar-refractivity contribution < 1.29 is 17.9 Å². The highest BCUT2D eigenvalue weighted by Crippen LogP contribution is 2.24. The highest BCUT2D eigenvalue weighted by Gasteiger charge is 2.17. The predicted molar refractivity (Wildman–Crippen MR) is 156 cm³/mol. The highest BCUT2D eigenvalue weighted by atomic mass is 79.9. The number of hydrogen-bond donors (Lipinski definition) is 3. The van der Waals surface area contributed by atoms with Gasteiger partial charge in [-0.25, -0.2) is 8.42 Å². The van der Waals surface area contributed by atoms with Crippen molar-refractivity contribution in [3.8, 4) is 5.75 Å². The molecule has 3 N–H and O–H groups in total. The molecule has 0 heterocycles. The number of hydrogen-bond acceptors (Lipinski definition) is 5. The molecule has 3 rings (SSSR count). The molecular weight excluding hydrogens is 574 g/mol. The second-order valence-electron chi connectivity index (χ2n) is 9.03. The normalized spacial score (nSPS) is 11.2. The van der Waals surface area contributed by atoms with Gasteiger partial charge in [0.15, 0.2) is 5.11 Å². The molecule has 0 atom stereocenters. The zero-order valence-electron chi connectivity index (χ0n) is 21.1. The van der Waals surface area contributed by atoms with Crippen molar-refractivity contribution in [3.05, 3.63) is 81.8 Å². The van der Waals surface area contributed by atoms with E-state index in [1.54, 1.807) is 30.3 Å². The van der Waals surface area contributed by atoms with Crippen molar-refractivity contribution in [1.82, 2.24) is 5.32 Å². The third-order valence-corrected chi connectivity index (χ3v) is 7.49. The Balaban J connectivity index is 1.64. The van der Waals surface area contributed by atoms with Crippen LogP contribution >= 0.6 is 28.1 Å². The Morgan fingerprint density at radius 2 is 1.73 bits per heavy atom. The predicted octanol–water partition coefficient (Wildman–Crippen LogP) is 6.42. The summed E-state index contributed by atoms with van der Waals surface area (Å²) in [5.41, 5.74) is 3.28. The van der Waals surface area contributed by atoms with E-state index < -0.39 is 15.9 Å². The lowest BCUT2D eigenvalue weighted by Gasteiger charge is -2.15. The molecule has 3 aromatic rings. The summed E-state index contributed by atoms with van der Waals surface area (Å²) < 4.78 is 34.8. The fourth-order valence-corrected chi connectivity index (χ4v) is 5.09. The summed E-state index contributed by atoms with van der Waals surface area (Å²) in [4.78, 5) is 13.0. The molecule has 0 saturated heterocycles. The van der Waals surface area contributed by atoms with Gasteiger partial charge in [0.2, 0.25) is 0 Å². The maximum Gasteiger partial charge on any atom is 0.261 e. The van der Waals surface area contributed by atoms with E-state index in [9.17, 15) is 13.2 Å².